The number of phenols is 4. The van der Waals surface area contributed by atoms with E-state index >= 15 is 0 Å². The lowest BCUT2D eigenvalue weighted by Crippen LogP contribution is -2.53. The third-order valence-corrected chi connectivity index (χ3v) is 19.4. The number of rotatable bonds is 21. The van der Waals surface area contributed by atoms with E-state index in [0.717, 1.165) is 23.5 Å². The number of Topliss-reactive ketones (excluding diaryl/α,β-unsaturated/α-hetero) is 2. The lowest BCUT2D eigenvalue weighted by molar-refractivity contribution is -0.247. The molecule has 0 radical (unpaired) electrons. The summed E-state index contributed by atoms with van der Waals surface area (Å²) in [7, 11) is 2.60. The zero-order valence-corrected chi connectivity index (χ0v) is 51.0. The number of carbonyl (C=O) groups is 8. The summed E-state index contributed by atoms with van der Waals surface area (Å²) in [6, 6.07) is 6.98. The highest BCUT2D eigenvalue weighted by Crippen LogP contribution is 2.55. The molecule has 2 saturated heterocycles. The summed E-state index contributed by atoms with van der Waals surface area (Å²) in [5.74, 6) is -8.83. The molecule has 12 unspecified atom stereocenters. The third kappa shape index (κ3) is 12.2. The van der Waals surface area contributed by atoms with E-state index in [1.54, 1.807) is 13.8 Å². The van der Waals surface area contributed by atoms with E-state index in [2.05, 4.69) is 10.6 Å². The molecule has 0 saturated carbocycles. The molecule has 0 spiro atoms. The molecule has 12 atom stereocenters. The van der Waals surface area contributed by atoms with Gasteiger partial charge in [-0.3, -0.25) is 38.4 Å². The summed E-state index contributed by atoms with van der Waals surface area (Å²) >= 11 is 2.10. The molecule has 0 aromatic heterocycles. The Kier molecular flexibility index (Phi) is 19.2. The molecule has 2 aliphatic heterocycles. The maximum atomic E-state index is 14.1. The van der Waals surface area contributed by atoms with Gasteiger partial charge in [0.1, 0.15) is 45.7 Å². The molecular formula is C62H70N4O22S2. The van der Waals surface area contributed by atoms with E-state index in [1.807, 2.05) is 0 Å². The molecule has 4 aromatic carbocycles. The van der Waals surface area contributed by atoms with Crippen molar-refractivity contribution in [2.24, 2.45) is 11.5 Å². The normalized spacial score (nSPS) is 27.5. The lowest BCUT2D eigenvalue weighted by atomic mass is 9.72. The molecular weight excluding hydrogens is 1220 g/mol. The predicted octanol–water partition coefficient (Wildman–Crippen LogP) is 1.51. The highest BCUT2D eigenvalue weighted by molar-refractivity contribution is 8.00. The number of aromatic hydroxyl groups is 4. The maximum absolute atomic E-state index is 14.1. The Morgan fingerprint density at radius 2 is 0.944 bits per heavy atom. The standard InChI is InChI=1S/C62H70N4O22S2/c1-25-51(71)31(63)17-41(85-25)87-35-21-61(81,19-29-45(35)59(79)49-47(55(29)75)53(73)27-7-5-9-33(83-3)43(27)57(49)77)37(67)23-89-15-13-65-39(69)11-12-40(70)66-14-16-90-24-38(68)62(82)20-30-46(36(22-62)88-42-18-32(64)52(72)26(2)86-42)60(80)50-48(56(30)76)54(74)28-8-6-10-34(84-4)44(28)58(50)78/h5-10,25-26,31-32,35-36,41-42,51-52,71-72,75-76,79-82H,11-24,63-64H2,1-4H3,(H,65,69)(H,66,70). The Balaban J connectivity index is 0.713. The lowest BCUT2D eigenvalue weighted by Gasteiger charge is -2.42. The van der Waals surface area contributed by atoms with Crippen LogP contribution in [-0.2, 0) is 51.0 Å². The van der Waals surface area contributed by atoms with Gasteiger partial charge in [0.25, 0.3) is 0 Å². The minimum atomic E-state index is -2.28. The first-order chi connectivity index (χ1) is 42.7. The molecule has 482 valence electrons. The van der Waals surface area contributed by atoms with Gasteiger partial charge in [0.15, 0.2) is 35.7 Å². The van der Waals surface area contributed by atoms with Gasteiger partial charge in [-0.05, 0) is 26.0 Å². The fourth-order valence-corrected chi connectivity index (χ4v) is 14.4. The molecule has 0 bridgehead atoms. The van der Waals surface area contributed by atoms with Crippen LogP contribution in [0, 0.1) is 0 Å². The fraction of sp³-hybridized carbons (Fsp3) is 0.484. The number of ketones is 6. The van der Waals surface area contributed by atoms with Crippen molar-refractivity contribution >= 4 is 70.0 Å². The van der Waals surface area contributed by atoms with E-state index in [1.165, 1.54) is 50.6 Å². The fourth-order valence-electron chi connectivity index (χ4n) is 12.7. The number of aliphatic hydroxyl groups is 4. The van der Waals surface area contributed by atoms with Crippen molar-refractivity contribution in [1.82, 2.24) is 10.6 Å². The number of thioether (sulfide) groups is 2. The van der Waals surface area contributed by atoms with Crippen LogP contribution in [0.3, 0.4) is 0 Å². The average molecular weight is 1290 g/mol. The number of nitrogens with two attached hydrogens (primary N) is 2. The number of phenolic OH excluding ortho intramolecular Hbond substituents is 4. The quantitative estimate of drug-likeness (QED) is 0.0359. The van der Waals surface area contributed by atoms with Crippen molar-refractivity contribution in [3.05, 3.63) is 103 Å². The number of hydrogen-bond donors (Lipinski definition) is 12. The molecule has 14 N–H and O–H groups in total. The van der Waals surface area contributed by atoms with Gasteiger partial charge in [-0.25, -0.2) is 0 Å². The number of fused-ring (bicyclic) bond motifs is 6. The van der Waals surface area contributed by atoms with Crippen molar-refractivity contribution in [2.75, 3.05) is 50.3 Å². The molecule has 4 aliphatic carbocycles. The Morgan fingerprint density at radius 3 is 1.30 bits per heavy atom. The van der Waals surface area contributed by atoms with E-state index in [0.29, 0.717) is 0 Å². The minimum Gasteiger partial charge on any atom is -0.507 e. The number of hydrogen-bond acceptors (Lipinski definition) is 26. The van der Waals surface area contributed by atoms with E-state index in [9.17, 15) is 79.2 Å². The zero-order valence-electron chi connectivity index (χ0n) is 49.4. The van der Waals surface area contributed by atoms with Gasteiger partial charge in [-0.2, -0.15) is 23.5 Å². The van der Waals surface area contributed by atoms with Gasteiger partial charge in [-0.1, -0.05) is 24.3 Å². The topological polar surface area (TPSA) is 430 Å². The van der Waals surface area contributed by atoms with Crippen molar-refractivity contribution in [1.29, 1.82) is 0 Å². The summed E-state index contributed by atoms with van der Waals surface area (Å²) in [5.41, 5.74) is 4.48. The Labute approximate surface area is 523 Å². The molecule has 2 amide bonds. The second-order valence-electron chi connectivity index (χ2n) is 23.3. The number of benzene rings is 4. The van der Waals surface area contributed by atoms with Crippen LogP contribution in [0.15, 0.2) is 36.4 Å². The van der Waals surface area contributed by atoms with Crippen LogP contribution in [0.1, 0.15) is 151 Å². The van der Waals surface area contributed by atoms with E-state index < -0.39 is 190 Å². The largest absolute Gasteiger partial charge is 0.507 e. The van der Waals surface area contributed by atoms with Crippen LogP contribution in [0.4, 0.5) is 0 Å². The second-order valence-corrected chi connectivity index (χ2v) is 25.5. The Morgan fingerprint density at radius 1 is 0.578 bits per heavy atom. The molecule has 26 nitrogen and oxygen atoms in total. The summed E-state index contributed by atoms with van der Waals surface area (Å²) in [6.07, 6.45) is -11.6. The first-order valence-electron chi connectivity index (χ1n) is 29.2. The van der Waals surface area contributed by atoms with Gasteiger partial charge >= 0.3 is 0 Å². The van der Waals surface area contributed by atoms with Gasteiger partial charge < -0.3 is 91.4 Å². The molecule has 28 heteroatoms. The molecule has 4 aromatic rings. The minimum absolute atomic E-state index is 0.0458. The summed E-state index contributed by atoms with van der Waals surface area (Å²) < 4.78 is 35.0. The summed E-state index contributed by atoms with van der Waals surface area (Å²) in [5, 5.41) is 98.1. The maximum Gasteiger partial charge on any atom is 0.220 e. The van der Waals surface area contributed by atoms with Crippen LogP contribution >= 0.6 is 23.5 Å². The number of aliphatic hydroxyl groups excluding tert-OH is 2. The third-order valence-electron chi connectivity index (χ3n) is 17.5. The van der Waals surface area contributed by atoms with E-state index in [4.69, 9.17) is 39.9 Å². The highest BCUT2D eigenvalue weighted by Gasteiger charge is 2.53. The number of ether oxygens (including phenoxy) is 6. The first-order valence-corrected chi connectivity index (χ1v) is 31.5. The SMILES string of the molecule is COc1cccc2c1C(=O)c1c(O)c3c(c(O)c1C2=O)CC(O)(C(=O)CSCCNC(=O)CCC(=O)NCCSCC(=O)C1(O)Cc2c(O)c4c(c(O)c2C(OC2CC(N)C(O)C(C)O2)C1)C(=O)c1c(OC)cccc1C4=O)CC3OC1CC(N)C(O)C(C)O1. The number of carbonyl (C=O) groups excluding carboxylic acids is 8. The van der Waals surface area contributed by atoms with Crippen LogP contribution in [0.25, 0.3) is 0 Å². The van der Waals surface area contributed by atoms with Crippen molar-refractivity contribution in [3.8, 4) is 34.5 Å². The predicted molar refractivity (Wildman–Crippen MR) is 319 cm³/mol. The molecule has 2 fully saturated rings. The van der Waals surface area contributed by atoms with Crippen LogP contribution in [0.2, 0.25) is 0 Å². The summed E-state index contributed by atoms with van der Waals surface area (Å²) in [4.78, 5) is 110. The summed E-state index contributed by atoms with van der Waals surface area (Å²) in [6.45, 7) is 3.21. The van der Waals surface area contributed by atoms with Crippen LogP contribution in [-0.4, -0.2) is 198 Å². The van der Waals surface area contributed by atoms with Gasteiger partial charge in [-0.15, -0.1) is 0 Å². The molecule has 2 heterocycles. The zero-order chi connectivity index (χ0) is 65.0. The van der Waals surface area contributed by atoms with Crippen molar-refractivity contribution in [2.45, 2.75) is 138 Å². The Hall–Kier alpha value is -7.06. The average Bonchev–Trinajstić information content (AvgIpc) is 0.719. The van der Waals surface area contributed by atoms with Crippen LogP contribution in [0.5, 0.6) is 34.5 Å². The highest BCUT2D eigenvalue weighted by atomic mass is 32.2. The molecule has 90 heavy (non-hydrogen) atoms. The van der Waals surface area contributed by atoms with Crippen molar-refractivity contribution < 1.29 is 108 Å². The number of amides is 2. The van der Waals surface area contributed by atoms with Crippen molar-refractivity contribution in [3.63, 3.8) is 0 Å². The number of methoxy groups -OCH3 is 2. The van der Waals surface area contributed by atoms with E-state index in [-0.39, 0.29) is 118 Å². The first kappa shape index (κ1) is 65.9. The molecule has 10 rings (SSSR count). The molecule has 6 aliphatic rings. The van der Waals surface area contributed by atoms with Gasteiger partial charge in [0, 0.05) is 121 Å². The monoisotopic (exact) mass is 1290 g/mol. The van der Waals surface area contributed by atoms with Gasteiger partial charge in [0.2, 0.25) is 23.4 Å². The second kappa shape index (κ2) is 26.3. The number of nitrogens with one attached hydrogen (secondary N) is 2. The smallest absolute Gasteiger partial charge is 0.220 e. The van der Waals surface area contributed by atoms with Crippen LogP contribution < -0.4 is 31.6 Å². The Bertz CT molecular complexity index is 3370. The van der Waals surface area contributed by atoms with Gasteiger partial charge in [0.05, 0.1) is 95.7 Å².